The summed E-state index contributed by atoms with van der Waals surface area (Å²) >= 11 is 0. The van der Waals surface area contributed by atoms with E-state index >= 15 is 0 Å². The van der Waals surface area contributed by atoms with Crippen molar-refractivity contribution in [3.8, 4) is 22.6 Å². The first-order valence-electron chi connectivity index (χ1n) is 12.4. The second-order valence-electron chi connectivity index (χ2n) is 10.4. The van der Waals surface area contributed by atoms with Gasteiger partial charge < -0.3 is 5.11 Å². The molecular formula is C28H26F2N6O. The molecule has 1 fully saturated rings. The predicted octanol–water partition coefficient (Wildman–Crippen LogP) is 5.32. The van der Waals surface area contributed by atoms with Gasteiger partial charge in [0.25, 0.3) is 0 Å². The molecule has 0 saturated heterocycles. The Balaban J connectivity index is 1.45. The standard InChI is InChI=1S/C28H26F2N6O/c1-4-21(37)26-32-13-15(14-33-26)25-31-11-9-22(34-25)28-10-8-17(27(28,2)3)16-12-20(35-36-24(16)28)23-18(29)6-5-7-19(23)30/h5-7,9,11-14,17,21,37H,4,8,10H2,1-3H3/t17-,21-,28-/m0/s1. The van der Waals surface area contributed by atoms with Crippen LogP contribution >= 0.6 is 0 Å². The summed E-state index contributed by atoms with van der Waals surface area (Å²) in [5.41, 5.74) is 2.49. The Kier molecular flexibility index (Phi) is 5.38. The number of benzene rings is 1. The van der Waals surface area contributed by atoms with Crippen molar-refractivity contribution in [3.05, 3.63) is 83.3 Å². The summed E-state index contributed by atoms with van der Waals surface area (Å²) in [4.78, 5) is 18.0. The van der Waals surface area contributed by atoms with Gasteiger partial charge >= 0.3 is 0 Å². The normalized spacial score (nSPS) is 22.2. The van der Waals surface area contributed by atoms with Crippen LogP contribution in [0.15, 0.2) is 48.9 Å². The van der Waals surface area contributed by atoms with E-state index in [0.717, 1.165) is 29.8 Å². The third kappa shape index (κ3) is 3.33. The van der Waals surface area contributed by atoms with Crippen molar-refractivity contribution in [1.82, 2.24) is 30.1 Å². The molecule has 4 aromatic rings. The number of aliphatic hydroxyl groups excluding tert-OH is 1. The highest BCUT2D eigenvalue weighted by molar-refractivity contribution is 5.64. The van der Waals surface area contributed by atoms with Gasteiger partial charge in [0, 0.05) is 18.6 Å². The summed E-state index contributed by atoms with van der Waals surface area (Å²) in [6.45, 7) is 6.26. The summed E-state index contributed by atoms with van der Waals surface area (Å²) < 4.78 is 29.0. The molecule has 0 aliphatic heterocycles. The molecular weight excluding hydrogens is 474 g/mol. The van der Waals surface area contributed by atoms with Crippen LogP contribution in [0.5, 0.6) is 0 Å². The summed E-state index contributed by atoms with van der Waals surface area (Å²) in [5.74, 6) is -0.334. The van der Waals surface area contributed by atoms with Crippen LogP contribution in [0.3, 0.4) is 0 Å². The van der Waals surface area contributed by atoms with Crippen LogP contribution in [-0.2, 0) is 5.41 Å². The van der Waals surface area contributed by atoms with Gasteiger partial charge in [0.05, 0.1) is 33.6 Å². The Morgan fingerprint density at radius 1 is 1.05 bits per heavy atom. The molecule has 0 unspecified atom stereocenters. The lowest BCUT2D eigenvalue weighted by Crippen LogP contribution is -2.38. The molecule has 1 saturated carbocycles. The van der Waals surface area contributed by atoms with Crippen molar-refractivity contribution < 1.29 is 13.9 Å². The zero-order chi connectivity index (χ0) is 25.9. The van der Waals surface area contributed by atoms with Crippen molar-refractivity contribution >= 4 is 0 Å². The van der Waals surface area contributed by atoms with Gasteiger partial charge in [-0.2, -0.15) is 5.10 Å². The Hall–Kier alpha value is -3.72. The van der Waals surface area contributed by atoms with Gasteiger partial charge in [0.2, 0.25) is 0 Å². The molecule has 7 nitrogen and oxygen atoms in total. The highest BCUT2D eigenvalue weighted by Gasteiger charge is 2.65. The number of hydrogen-bond acceptors (Lipinski definition) is 7. The lowest BCUT2D eigenvalue weighted by atomic mass is 9.66. The van der Waals surface area contributed by atoms with Gasteiger partial charge in [-0.05, 0) is 60.4 Å². The first kappa shape index (κ1) is 23.7. The lowest BCUT2D eigenvalue weighted by molar-refractivity contribution is 0.163. The minimum Gasteiger partial charge on any atom is -0.385 e. The van der Waals surface area contributed by atoms with Gasteiger partial charge in [-0.3, -0.25) is 0 Å². The maximum atomic E-state index is 14.5. The van der Waals surface area contributed by atoms with Crippen LogP contribution < -0.4 is 0 Å². The highest BCUT2D eigenvalue weighted by Crippen LogP contribution is 2.69. The smallest absolute Gasteiger partial charge is 0.162 e. The molecule has 3 aromatic heterocycles. The van der Waals surface area contributed by atoms with Crippen LogP contribution in [0.2, 0.25) is 0 Å². The van der Waals surface area contributed by atoms with Crippen LogP contribution in [0, 0.1) is 17.0 Å². The first-order chi connectivity index (χ1) is 17.8. The Bertz CT molecular complexity index is 1490. The van der Waals surface area contributed by atoms with E-state index in [2.05, 4.69) is 39.0 Å². The minimum absolute atomic E-state index is 0.142. The Morgan fingerprint density at radius 3 is 2.49 bits per heavy atom. The van der Waals surface area contributed by atoms with E-state index in [1.165, 1.54) is 18.2 Å². The molecule has 188 valence electrons. The van der Waals surface area contributed by atoms with Crippen LogP contribution in [0.1, 0.15) is 74.8 Å². The average molecular weight is 501 g/mol. The van der Waals surface area contributed by atoms with Gasteiger partial charge in [-0.15, -0.1) is 5.10 Å². The zero-order valence-electron chi connectivity index (χ0n) is 20.8. The van der Waals surface area contributed by atoms with E-state index in [1.807, 2.05) is 13.0 Å². The van der Waals surface area contributed by atoms with Gasteiger partial charge in [0.1, 0.15) is 17.7 Å². The van der Waals surface area contributed by atoms with Crippen molar-refractivity contribution in [1.29, 1.82) is 0 Å². The summed E-state index contributed by atoms with van der Waals surface area (Å²) in [6.07, 6.45) is 6.50. The third-order valence-corrected chi connectivity index (χ3v) is 8.31. The molecule has 2 aliphatic carbocycles. The fourth-order valence-electron chi connectivity index (χ4n) is 6.30. The van der Waals surface area contributed by atoms with Gasteiger partial charge in [-0.1, -0.05) is 26.8 Å². The highest BCUT2D eigenvalue weighted by atomic mass is 19.1. The number of fused-ring (bicyclic) bond motifs is 5. The van der Waals surface area contributed by atoms with E-state index in [1.54, 1.807) is 24.7 Å². The zero-order valence-corrected chi connectivity index (χ0v) is 20.8. The topological polar surface area (TPSA) is 97.6 Å². The number of nitrogens with zero attached hydrogens (tertiary/aromatic N) is 6. The molecule has 3 atom stereocenters. The van der Waals surface area contributed by atoms with Gasteiger partial charge in [0.15, 0.2) is 11.6 Å². The Labute approximate surface area is 213 Å². The quantitative estimate of drug-likeness (QED) is 0.396. The third-order valence-electron chi connectivity index (χ3n) is 8.31. The van der Waals surface area contributed by atoms with E-state index < -0.39 is 23.2 Å². The number of aliphatic hydroxyl groups is 1. The van der Waals surface area contributed by atoms with E-state index in [-0.39, 0.29) is 22.6 Å². The molecule has 2 bridgehead atoms. The molecule has 6 rings (SSSR count). The number of aromatic nitrogens is 6. The summed E-state index contributed by atoms with van der Waals surface area (Å²) in [7, 11) is 0. The van der Waals surface area contributed by atoms with E-state index in [0.29, 0.717) is 23.6 Å². The molecule has 2 aliphatic rings. The SMILES string of the molecule is CC[C@H](O)c1ncc(-c2nccc([C@@]34CC[C@@H](c5cc(-c6c(F)cccc6F)nnc53)C4(C)C)n2)cn1. The number of hydrogen-bond donors (Lipinski definition) is 1. The second kappa shape index (κ2) is 8.41. The summed E-state index contributed by atoms with van der Waals surface area (Å²) in [5, 5.41) is 18.9. The van der Waals surface area contributed by atoms with Crippen LogP contribution in [0.25, 0.3) is 22.6 Å². The van der Waals surface area contributed by atoms with Gasteiger partial charge in [-0.25, -0.2) is 28.7 Å². The average Bonchev–Trinajstić information content (AvgIpc) is 3.29. The summed E-state index contributed by atoms with van der Waals surface area (Å²) in [6, 6.07) is 7.50. The fraction of sp³-hybridized carbons (Fsp3) is 0.357. The Morgan fingerprint density at radius 2 is 1.78 bits per heavy atom. The maximum absolute atomic E-state index is 14.5. The minimum atomic E-state index is -0.715. The molecule has 9 heteroatoms. The lowest BCUT2D eigenvalue weighted by Gasteiger charge is -2.37. The molecule has 0 amide bonds. The molecule has 0 radical (unpaired) electrons. The first-order valence-corrected chi connectivity index (χ1v) is 12.4. The van der Waals surface area contributed by atoms with Crippen LogP contribution in [0.4, 0.5) is 8.78 Å². The second-order valence-corrected chi connectivity index (χ2v) is 10.4. The number of halogens is 2. The molecule has 1 N–H and O–H groups in total. The van der Waals surface area contributed by atoms with Crippen molar-refractivity contribution in [2.45, 2.75) is 57.5 Å². The number of rotatable bonds is 5. The monoisotopic (exact) mass is 500 g/mol. The molecule has 0 spiro atoms. The maximum Gasteiger partial charge on any atom is 0.162 e. The van der Waals surface area contributed by atoms with E-state index in [4.69, 9.17) is 4.98 Å². The molecule has 3 heterocycles. The predicted molar refractivity (Wildman–Crippen MR) is 132 cm³/mol. The fourth-order valence-corrected chi connectivity index (χ4v) is 6.30. The molecule has 37 heavy (non-hydrogen) atoms. The van der Waals surface area contributed by atoms with Crippen molar-refractivity contribution in [2.75, 3.05) is 0 Å². The van der Waals surface area contributed by atoms with Crippen molar-refractivity contribution in [3.63, 3.8) is 0 Å². The molecule has 1 aromatic carbocycles. The largest absolute Gasteiger partial charge is 0.385 e. The van der Waals surface area contributed by atoms with E-state index in [9.17, 15) is 13.9 Å². The van der Waals surface area contributed by atoms with Crippen LogP contribution in [-0.4, -0.2) is 35.2 Å². The van der Waals surface area contributed by atoms with Crippen molar-refractivity contribution in [2.24, 2.45) is 5.41 Å².